The summed E-state index contributed by atoms with van der Waals surface area (Å²) < 4.78 is 24.5. The summed E-state index contributed by atoms with van der Waals surface area (Å²) in [7, 11) is 0. The first-order valence-electron chi connectivity index (χ1n) is 14.4. The molecule has 13 heteroatoms. The zero-order valence-corrected chi connectivity index (χ0v) is 27.4. The van der Waals surface area contributed by atoms with Gasteiger partial charge in [0.25, 0.3) is 0 Å². The zero-order valence-electron chi connectivity index (χ0n) is 25.8. The third-order valence-corrected chi connectivity index (χ3v) is 8.03. The fraction of sp³-hybridized carbons (Fsp3) is 0.294. The topological polar surface area (TPSA) is 177 Å². The van der Waals surface area contributed by atoms with E-state index >= 15 is 0 Å². The number of aliphatic carboxylic acids is 2. The van der Waals surface area contributed by atoms with Gasteiger partial charge in [-0.3, -0.25) is 4.90 Å². The number of carbonyl (C=O) groups excluding carboxylic acids is 2. The molecule has 4 atom stereocenters. The van der Waals surface area contributed by atoms with Crippen LogP contribution in [-0.2, 0) is 24.6 Å². The van der Waals surface area contributed by atoms with Crippen molar-refractivity contribution in [3.05, 3.63) is 117 Å². The molecule has 0 aliphatic carbocycles. The minimum Gasteiger partial charge on any atom is -0.478 e. The van der Waals surface area contributed by atoms with Crippen LogP contribution in [0.5, 0.6) is 0 Å². The molecule has 1 aliphatic heterocycles. The Morgan fingerprint density at radius 1 is 0.957 bits per heavy atom. The second kappa shape index (κ2) is 16.4. The molecule has 1 fully saturated rings. The average Bonchev–Trinajstić information content (AvgIpc) is 3.36. The van der Waals surface area contributed by atoms with Gasteiger partial charge in [-0.1, -0.05) is 57.4 Å². The van der Waals surface area contributed by atoms with E-state index in [-0.39, 0.29) is 29.5 Å². The summed E-state index contributed by atoms with van der Waals surface area (Å²) in [6.45, 7) is 9.07. The highest BCUT2D eigenvalue weighted by atomic mass is 79.9. The van der Waals surface area contributed by atoms with Gasteiger partial charge in [0.2, 0.25) is 12.2 Å². The number of aliphatic hydroxyl groups excluding tert-OH is 1. The third kappa shape index (κ3) is 9.55. The number of carboxylic acid groups (broad SMARTS) is 2. The summed E-state index contributed by atoms with van der Waals surface area (Å²) in [5.41, 5.74) is 7.80. The lowest BCUT2D eigenvalue weighted by Gasteiger charge is -2.30. The Balaban J connectivity index is 0.000000274. The Hall–Kier alpha value is -4.43. The quantitative estimate of drug-likeness (QED) is 0.166. The fourth-order valence-electron chi connectivity index (χ4n) is 4.97. The predicted octanol–water partition coefficient (Wildman–Crippen LogP) is 4.08. The first kappa shape index (κ1) is 37.0. The highest BCUT2D eigenvalue weighted by Gasteiger charge is 2.45. The first-order chi connectivity index (χ1) is 22.2. The van der Waals surface area contributed by atoms with Gasteiger partial charge >= 0.3 is 23.9 Å². The number of aliphatic hydroxyl groups is 1. The second-order valence-electron chi connectivity index (χ2n) is 11.1. The molecule has 1 saturated heterocycles. The van der Waals surface area contributed by atoms with E-state index in [4.69, 9.17) is 15.2 Å². The maximum atomic E-state index is 14.1. The molecule has 47 heavy (non-hydrogen) atoms. The van der Waals surface area contributed by atoms with Crippen LogP contribution >= 0.6 is 15.9 Å². The Bertz CT molecular complexity index is 1520. The van der Waals surface area contributed by atoms with Crippen molar-refractivity contribution >= 4 is 39.8 Å². The molecule has 0 bridgehead atoms. The Morgan fingerprint density at radius 2 is 1.43 bits per heavy atom. The summed E-state index contributed by atoms with van der Waals surface area (Å²) in [6, 6.07) is 16.8. The van der Waals surface area contributed by atoms with Gasteiger partial charge in [-0.15, -0.1) is 6.58 Å². The van der Waals surface area contributed by atoms with Crippen molar-refractivity contribution in [1.29, 1.82) is 0 Å². The Kier molecular flexibility index (Phi) is 12.9. The molecule has 3 aromatic carbocycles. The van der Waals surface area contributed by atoms with E-state index in [9.17, 15) is 38.9 Å². The molecule has 0 aromatic heterocycles. The summed E-state index contributed by atoms with van der Waals surface area (Å²) in [4.78, 5) is 49.4. The largest absolute Gasteiger partial charge is 0.478 e. The second-order valence-corrected chi connectivity index (χ2v) is 12.0. The number of nitrogens with two attached hydrogens (primary N) is 1. The van der Waals surface area contributed by atoms with Crippen LogP contribution in [-0.4, -0.2) is 82.5 Å². The van der Waals surface area contributed by atoms with E-state index < -0.39 is 41.6 Å². The van der Waals surface area contributed by atoms with Gasteiger partial charge in [0.1, 0.15) is 5.82 Å². The molecule has 250 valence electrons. The summed E-state index contributed by atoms with van der Waals surface area (Å²) >= 11 is 3.34. The number of nitrogens with zero attached hydrogens (tertiary/aromatic N) is 1. The van der Waals surface area contributed by atoms with E-state index in [1.54, 1.807) is 56.3 Å². The van der Waals surface area contributed by atoms with Gasteiger partial charge in [-0.2, -0.15) is 0 Å². The zero-order chi connectivity index (χ0) is 34.9. The molecular weight excluding hydrogens is 679 g/mol. The molecule has 11 nitrogen and oxygen atoms in total. The molecule has 1 aliphatic rings. The van der Waals surface area contributed by atoms with Crippen LogP contribution < -0.4 is 5.73 Å². The van der Waals surface area contributed by atoms with E-state index in [1.807, 2.05) is 0 Å². The molecule has 0 spiro atoms. The number of halogens is 2. The van der Waals surface area contributed by atoms with Gasteiger partial charge in [-0.05, 0) is 56.3 Å². The molecule has 0 radical (unpaired) electrons. The van der Waals surface area contributed by atoms with Crippen LogP contribution in [0.15, 0.2) is 83.9 Å². The Morgan fingerprint density at radius 3 is 1.83 bits per heavy atom. The van der Waals surface area contributed by atoms with Crippen LogP contribution in [0.1, 0.15) is 37.4 Å². The molecule has 3 aromatic rings. The van der Waals surface area contributed by atoms with Crippen molar-refractivity contribution in [3.8, 4) is 0 Å². The summed E-state index contributed by atoms with van der Waals surface area (Å²) in [6.07, 6.45) is -2.65. The van der Waals surface area contributed by atoms with Gasteiger partial charge in [-0.25, -0.2) is 23.6 Å². The maximum absolute atomic E-state index is 14.1. The molecule has 4 rings (SSSR count). The van der Waals surface area contributed by atoms with E-state index in [2.05, 4.69) is 27.4 Å². The lowest BCUT2D eigenvalue weighted by Crippen LogP contribution is -2.46. The number of hydrogen-bond acceptors (Lipinski definition) is 9. The number of aryl methyl sites for hydroxylation is 2. The monoisotopic (exact) mass is 714 g/mol. The molecule has 5 N–H and O–H groups in total. The van der Waals surface area contributed by atoms with Crippen LogP contribution in [0.4, 0.5) is 4.39 Å². The van der Waals surface area contributed by atoms with Gasteiger partial charge in [0.05, 0.1) is 16.7 Å². The van der Waals surface area contributed by atoms with Crippen molar-refractivity contribution < 1.29 is 48.4 Å². The number of carboxylic acids is 2. The highest BCUT2D eigenvalue weighted by molar-refractivity contribution is 9.10. The van der Waals surface area contributed by atoms with E-state index in [0.717, 1.165) is 15.6 Å². The third-order valence-electron chi connectivity index (χ3n) is 7.53. The fourth-order valence-corrected chi connectivity index (χ4v) is 5.33. The van der Waals surface area contributed by atoms with Gasteiger partial charge < -0.3 is 30.5 Å². The van der Waals surface area contributed by atoms with Crippen molar-refractivity contribution in [3.63, 3.8) is 0 Å². The van der Waals surface area contributed by atoms with E-state index in [1.165, 1.54) is 30.3 Å². The average molecular weight is 716 g/mol. The lowest BCUT2D eigenvalue weighted by molar-refractivity contribution is -0.166. The van der Waals surface area contributed by atoms with Crippen molar-refractivity contribution in [2.45, 2.75) is 31.6 Å². The number of likely N-dealkylation sites (tertiary alicyclic amines) is 1. The minimum atomic E-state index is -2.22. The first-order valence-corrected chi connectivity index (χ1v) is 15.2. The Labute approximate surface area is 279 Å². The smallest absolute Gasteiger partial charge is 0.349 e. The van der Waals surface area contributed by atoms with Crippen LogP contribution in [0, 0.1) is 25.6 Å². The molecule has 0 saturated carbocycles. The number of ether oxygens (including phenoxy) is 2. The summed E-state index contributed by atoms with van der Waals surface area (Å²) in [5.74, 6) is -6.13. The lowest BCUT2D eigenvalue weighted by atomic mass is 9.81. The van der Waals surface area contributed by atoms with Gasteiger partial charge in [0.15, 0.2) is 0 Å². The number of rotatable bonds is 11. The standard InChI is InChI=1S/C20H18O8.C14H18BrFN2O/c1-11-3-7-13(8-4-11)19(25)27-15(17(21)22)16(18(23)24)28-20(26)14-9-5-12(2)6-10-14;1-2-5-18-7-10(8-19)14(17,9-18)12-6-11(15)3-4-13(12)16/h3-10,15-16H,1-2H3,(H,21,22)(H,23,24);2-4,6,10,19H,1,5,7-9,17H2/t15-,16?;10-,14-/m00/s1. The van der Waals surface area contributed by atoms with Crippen molar-refractivity contribution in [1.82, 2.24) is 4.90 Å². The van der Waals surface area contributed by atoms with E-state index in [0.29, 0.717) is 25.2 Å². The number of carbonyl (C=O) groups is 4. The molecule has 0 amide bonds. The molecule has 1 unspecified atom stereocenters. The van der Waals surface area contributed by atoms with Crippen molar-refractivity contribution in [2.24, 2.45) is 11.7 Å². The van der Waals surface area contributed by atoms with Gasteiger partial charge in [0, 0.05) is 42.2 Å². The normalized spacial score (nSPS) is 18.6. The number of hydrogen-bond donors (Lipinski definition) is 4. The predicted molar refractivity (Wildman–Crippen MR) is 173 cm³/mol. The molecular formula is C34H36BrFN2O9. The minimum absolute atomic E-state index is 0.0332. The SMILES string of the molecule is C=CCN1C[C@@H](CO)[C@](N)(c2cc(Br)ccc2F)C1.Cc1ccc(C(=O)OC(C(=O)O)[C@H](OC(=O)c2ccc(C)cc2)C(=O)O)cc1. The highest BCUT2D eigenvalue weighted by Crippen LogP contribution is 2.37. The van der Waals surface area contributed by atoms with Crippen LogP contribution in [0.3, 0.4) is 0 Å². The molecule has 1 heterocycles. The van der Waals surface area contributed by atoms with Crippen molar-refractivity contribution in [2.75, 3.05) is 26.2 Å². The van der Waals surface area contributed by atoms with Crippen LogP contribution in [0.2, 0.25) is 0 Å². The van der Waals surface area contributed by atoms with Crippen LogP contribution in [0.25, 0.3) is 0 Å². The number of benzene rings is 3. The summed E-state index contributed by atoms with van der Waals surface area (Å²) in [5, 5.41) is 28.2. The number of esters is 2. The maximum Gasteiger partial charge on any atom is 0.349 e.